The standard InChI is InChI=1S/C22H16Cl2N2O/c23-18-8-6-16(7-9-18)3-2-14-25-20-10-12-21(13-11-20)26-22(27)17-4-1-5-19(24)15-17/h1-15H,(H,26,27). The second-order valence-electron chi connectivity index (χ2n) is 5.70. The van der Waals surface area contributed by atoms with E-state index in [4.69, 9.17) is 23.2 Å². The first-order chi connectivity index (χ1) is 13.1. The second kappa shape index (κ2) is 9.17. The predicted molar refractivity (Wildman–Crippen MR) is 114 cm³/mol. The third-order valence-corrected chi connectivity index (χ3v) is 4.17. The molecule has 3 rings (SSSR count). The molecule has 0 unspecified atom stereocenters. The van der Waals surface area contributed by atoms with Crippen LogP contribution in [0, 0.1) is 0 Å². The zero-order chi connectivity index (χ0) is 19.1. The van der Waals surface area contributed by atoms with Crippen LogP contribution in [0.25, 0.3) is 6.08 Å². The van der Waals surface area contributed by atoms with Gasteiger partial charge in [0.15, 0.2) is 0 Å². The van der Waals surface area contributed by atoms with E-state index >= 15 is 0 Å². The van der Waals surface area contributed by atoms with Gasteiger partial charge in [0, 0.05) is 27.5 Å². The molecule has 0 atom stereocenters. The Bertz CT molecular complexity index is 978. The minimum atomic E-state index is -0.209. The van der Waals surface area contributed by atoms with E-state index in [0.29, 0.717) is 21.3 Å². The highest BCUT2D eigenvalue weighted by Gasteiger charge is 2.06. The van der Waals surface area contributed by atoms with Crippen molar-refractivity contribution < 1.29 is 4.79 Å². The molecule has 134 valence electrons. The van der Waals surface area contributed by atoms with E-state index in [1.165, 1.54) is 0 Å². The number of nitrogens with one attached hydrogen (secondary N) is 1. The van der Waals surface area contributed by atoms with Crippen LogP contribution in [0.4, 0.5) is 11.4 Å². The van der Waals surface area contributed by atoms with E-state index in [2.05, 4.69) is 10.3 Å². The summed E-state index contributed by atoms with van der Waals surface area (Å²) in [5.74, 6) is -0.209. The maximum absolute atomic E-state index is 12.2. The fourth-order valence-corrected chi connectivity index (χ4v) is 2.64. The lowest BCUT2D eigenvalue weighted by Gasteiger charge is -2.05. The Kier molecular flexibility index (Phi) is 6.42. The Balaban J connectivity index is 1.58. The van der Waals surface area contributed by atoms with Gasteiger partial charge in [-0.25, -0.2) is 0 Å². The van der Waals surface area contributed by atoms with Crippen molar-refractivity contribution in [2.75, 3.05) is 5.32 Å². The van der Waals surface area contributed by atoms with E-state index in [-0.39, 0.29) is 5.91 Å². The highest BCUT2D eigenvalue weighted by molar-refractivity contribution is 6.31. The summed E-state index contributed by atoms with van der Waals surface area (Å²) in [4.78, 5) is 16.6. The zero-order valence-electron chi connectivity index (χ0n) is 14.3. The number of rotatable bonds is 5. The Hall–Kier alpha value is -2.88. The first-order valence-electron chi connectivity index (χ1n) is 8.23. The number of carbonyl (C=O) groups excluding carboxylic acids is 1. The number of aliphatic imine (C=N–C) groups is 1. The fraction of sp³-hybridized carbons (Fsp3) is 0. The van der Waals surface area contributed by atoms with Gasteiger partial charge in [-0.15, -0.1) is 0 Å². The van der Waals surface area contributed by atoms with Crippen molar-refractivity contribution in [3.05, 3.63) is 100 Å². The highest BCUT2D eigenvalue weighted by Crippen LogP contribution is 2.18. The minimum absolute atomic E-state index is 0.209. The summed E-state index contributed by atoms with van der Waals surface area (Å²) in [7, 11) is 0. The molecule has 0 aliphatic carbocycles. The van der Waals surface area contributed by atoms with Crippen molar-refractivity contribution in [1.29, 1.82) is 0 Å². The number of halogens is 2. The molecule has 27 heavy (non-hydrogen) atoms. The largest absolute Gasteiger partial charge is 0.322 e. The summed E-state index contributed by atoms with van der Waals surface area (Å²) in [6, 6.07) is 21.6. The summed E-state index contributed by atoms with van der Waals surface area (Å²) < 4.78 is 0. The Morgan fingerprint density at radius 2 is 1.63 bits per heavy atom. The normalized spacial score (nSPS) is 11.2. The number of nitrogens with zero attached hydrogens (tertiary/aromatic N) is 1. The Labute approximate surface area is 168 Å². The van der Waals surface area contributed by atoms with Gasteiger partial charge in [-0.2, -0.15) is 0 Å². The molecule has 0 fully saturated rings. The molecule has 1 amide bonds. The Morgan fingerprint density at radius 1 is 0.889 bits per heavy atom. The number of hydrogen-bond acceptors (Lipinski definition) is 2. The van der Waals surface area contributed by atoms with Crippen LogP contribution in [0.2, 0.25) is 10.0 Å². The molecular weight excluding hydrogens is 379 g/mol. The summed E-state index contributed by atoms with van der Waals surface area (Å²) in [6.07, 6.45) is 5.52. The molecule has 3 aromatic rings. The number of hydrogen-bond donors (Lipinski definition) is 1. The van der Waals surface area contributed by atoms with Gasteiger partial charge in [-0.1, -0.05) is 47.5 Å². The van der Waals surface area contributed by atoms with Crippen molar-refractivity contribution in [3.63, 3.8) is 0 Å². The van der Waals surface area contributed by atoms with Crippen LogP contribution in [0.3, 0.4) is 0 Å². The zero-order valence-corrected chi connectivity index (χ0v) is 15.8. The number of amides is 1. The third-order valence-electron chi connectivity index (χ3n) is 3.68. The van der Waals surface area contributed by atoms with Crippen LogP contribution >= 0.6 is 23.2 Å². The van der Waals surface area contributed by atoms with Crippen LogP contribution in [-0.2, 0) is 0 Å². The van der Waals surface area contributed by atoms with Gasteiger partial charge in [0.1, 0.15) is 0 Å². The molecule has 5 heteroatoms. The van der Waals surface area contributed by atoms with Crippen LogP contribution in [0.15, 0.2) is 83.9 Å². The van der Waals surface area contributed by atoms with Crippen LogP contribution in [0.1, 0.15) is 15.9 Å². The van der Waals surface area contributed by atoms with Gasteiger partial charge < -0.3 is 5.32 Å². The van der Waals surface area contributed by atoms with Gasteiger partial charge >= 0.3 is 0 Å². The molecule has 0 heterocycles. The van der Waals surface area contributed by atoms with Gasteiger partial charge in [0.05, 0.1) is 5.69 Å². The van der Waals surface area contributed by atoms with Gasteiger partial charge in [-0.05, 0) is 66.2 Å². The lowest BCUT2D eigenvalue weighted by Crippen LogP contribution is -2.11. The summed E-state index contributed by atoms with van der Waals surface area (Å²) in [6.45, 7) is 0. The summed E-state index contributed by atoms with van der Waals surface area (Å²) in [5.41, 5.74) is 3.04. The van der Waals surface area contributed by atoms with E-state index < -0.39 is 0 Å². The first kappa shape index (κ1) is 18.9. The molecule has 1 N–H and O–H groups in total. The quantitative estimate of drug-likeness (QED) is 0.482. The first-order valence-corrected chi connectivity index (χ1v) is 8.99. The number of allylic oxidation sites excluding steroid dienone is 1. The molecule has 0 saturated carbocycles. The lowest BCUT2D eigenvalue weighted by atomic mass is 10.2. The van der Waals surface area contributed by atoms with Crippen molar-refractivity contribution in [2.45, 2.75) is 0 Å². The van der Waals surface area contributed by atoms with Crippen molar-refractivity contribution in [1.82, 2.24) is 0 Å². The van der Waals surface area contributed by atoms with Crippen LogP contribution in [0.5, 0.6) is 0 Å². The molecule has 0 aromatic heterocycles. The highest BCUT2D eigenvalue weighted by atomic mass is 35.5. The van der Waals surface area contributed by atoms with E-state index in [1.54, 1.807) is 42.6 Å². The molecule has 3 nitrogen and oxygen atoms in total. The number of benzene rings is 3. The average Bonchev–Trinajstić information content (AvgIpc) is 2.68. The van der Waals surface area contributed by atoms with Gasteiger partial charge in [-0.3, -0.25) is 9.79 Å². The molecule has 3 aromatic carbocycles. The molecule has 0 saturated heterocycles. The SMILES string of the molecule is O=C(Nc1ccc(N=CC=Cc2ccc(Cl)cc2)cc1)c1cccc(Cl)c1. The van der Waals surface area contributed by atoms with E-state index in [0.717, 1.165) is 11.3 Å². The van der Waals surface area contributed by atoms with E-state index in [1.807, 2.05) is 48.6 Å². The van der Waals surface area contributed by atoms with Gasteiger partial charge in [0.2, 0.25) is 0 Å². The molecule has 0 bridgehead atoms. The minimum Gasteiger partial charge on any atom is -0.322 e. The predicted octanol–water partition coefficient (Wildman–Crippen LogP) is 6.66. The average molecular weight is 395 g/mol. The van der Waals surface area contributed by atoms with Crippen LogP contribution < -0.4 is 5.32 Å². The molecule has 0 radical (unpaired) electrons. The number of anilines is 1. The maximum Gasteiger partial charge on any atom is 0.255 e. The van der Waals surface area contributed by atoms with E-state index in [9.17, 15) is 4.79 Å². The molecule has 0 spiro atoms. The summed E-state index contributed by atoms with van der Waals surface area (Å²) >= 11 is 11.8. The summed E-state index contributed by atoms with van der Waals surface area (Å²) in [5, 5.41) is 4.07. The Morgan fingerprint density at radius 3 is 2.33 bits per heavy atom. The maximum atomic E-state index is 12.2. The second-order valence-corrected chi connectivity index (χ2v) is 6.57. The monoisotopic (exact) mass is 394 g/mol. The smallest absolute Gasteiger partial charge is 0.255 e. The third kappa shape index (κ3) is 5.81. The van der Waals surface area contributed by atoms with Crippen molar-refractivity contribution in [2.24, 2.45) is 4.99 Å². The lowest BCUT2D eigenvalue weighted by molar-refractivity contribution is 0.102. The fourth-order valence-electron chi connectivity index (χ4n) is 2.32. The van der Waals surface area contributed by atoms with Crippen LogP contribution in [-0.4, -0.2) is 12.1 Å². The van der Waals surface area contributed by atoms with Gasteiger partial charge in [0.25, 0.3) is 5.91 Å². The van der Waals surface area contributed by atoms with Crippen molar-refractivity contribution in [3.8, 4) is 0 Å². The molecule has 0 aliphatic heterocycles. The molecular formula is C22H16Cl2N2O. The van der Waals surface area contributed by atoms with Crippen molar-refractivity contribution >= 4 is 52.8 Å². The topological polar surface area (TPSA) is 41.5 Å². The number of carbonyl (C=O) groups is 1. The molecule has 0 aliphatic rings.